The molecule has 0 aliphatic heterocycles. The van der Waals surface area contributed by atoms with E-state index in [0.717, 1.165) is 5.56 Å². The van der Waals surface area contributed by atoms with Crippen molar-refractivity contribution in [3.63, 3.8) is 0 Å². The van der Waals surface area contributed by atoms with Crippen molar-refractivity contribution in [2.45, 2.75) is 12.8 Å². The summed E-state index contributed by atoms with van der Waals surface area (Å²) in [6, 6.07) is 13.6. The van der Waals surface area contributed by atoms with E-state index in [1.165, 1.54) is 0 Å². The number of rotatable bonds is 2. The largest absolute Gasteiger partial charge is 0.197 e. The summed E-state index contributed by atoms with van der Waals surface area (Å²) in [4.78, 5) is 0. The average molecular weight is 170 g/mol. The van der Waals surface area contributed by atoms with Crippen LogP contribution in [0.3, 0.4) is 0 Å². The van der Waals surface area contributed by atoms with Crippen molar-refractivity contribution in [1.82, 2.24) is 0 Å². The minimum atomic E-state index is -0.553. The predicted octanol–water partition coefficient (Wildman–Crippen LogP) is 2.45. The summed E-state index contributed by atoms with van der Waals surface area (Å²) in [7, 11) is 0. The van der Waals surface area contributed by atoms with Crippen molar-refractivity contribution in [1.29, 1.82) is 10.5 Å². The summed E-state index contributed by atoms with van der Waals surface area (Å²) in [5.74, 6) is -0.571. The lowest BCUT2D eigenvalue weighted by Gasteiger charge is -2.10. The Labute approximate surface area is 78.0 Å². The summed E-state index contributed by atoms with van der Waals surface area (Å²) in [5.41, 5.74) is 1.04. The normalized spacial score (nSPS) is 11.7. The molecule has 2 heteroatoms. The second kappa shape index (κ2) is 4.28. The molecule has 0 saturated carbocycles. The van der Waals surface area contributed by atoms with Crippen molar-refractivity contribution in [2.75, 3.05) is 0 Å². The summed E-state index contributed by atoms with van der Waals surface area (Å²) in [6.07, 6.45) is 0. The molecule has 1 rings (SSSR count). The summed E-state index contributed by atoms with van der Waals surface area (Å²) in [5, 5.41) is 17.4. The Morgan fingerprint density at radius 3 is 2.08 bits per heavy atom. The molecule has 0 aliphatic carbocycles. The topological polar surface area (TPSA) is 47.6 Å². The first-order chi connectivity index (χ1) is 6.29. The van der Waals surface area contributed by atoms with Gasteiger partial charge in [0, 0.05) is 5.92 Å². The van der Waals surface area contributed by atoms with Crippen LogP contribution in [0.25, 0.3) is 0 Å². The maximum absolute atomic E-state index is 8.69. The van der Waals surface area contributed by atoms with E-state index in [9.17, 15) is 0 Å². The first kappa shape index (κ1) is 9.29. The summed E-state index contributed by atoms with van der Waals surface area (Å²) < 4.78 is 0. The van der Waals surface area contributed by atoms with E-state index in [2.05, 4.69) is 0 Å². The van der Waals surface area contributed by atoms with Crippen LogP contribution in [0.1, 0.15) is 18.4 Å². The van der Waals surface area contributed by atoms with Crippen molar-refractivity contribution in [3.8, 4) is 12.1 Å². The third kappa shape index (κ3) is 2.07. The first-order valence-electron chi connectivity index (χ1n) is 4.13. The lowest BCUT2D eigenvalue weighted by Crippen LogP contribution is -2.05. The highest BCUT2D eigenvalue weighted by Crippen LogP contribution is 2.22. The fraction of sp³-hybridized carbons (Fsp3) is 0.273. The molecule has 0 bridgehead atoms. The van der Waals surface area contributed by atoms with Crippen LogP contribution < -0.4 is 0 Å². The second-order valence-corrected chi connectivity index (χ2v) is 2.94. The van der Waals surface area contributed by atoms with Crippen molar-refractivity contribution in [3.05, 3.63) is 35.9 Å². The highest BCUT2D eigenvalue weighted by molar-refractivity contribution is 5.23. The van der Waals surface area contributed by atoms with E-state index in [0.29, 0.717) is 0 Å². The van der Waals surface area contributed by atoms with Crippen LogP contribution in [0.4, 0.5) is 0 Å². The quantitative estimate of drug-likeness (QED) is 0.684. The Hall–Kier alpha value is -1.80. The van der Waals surface area contributed by atoms with E-state index in [4.69, 9.17) is 10.5 Å². The maximum Gasteiger partial charge on any atom is 0.139 e. The van der Waals surface area contributed by atoms with E-state index in [-0.39, 0.29) is 5.92 Å². The average Bonchev–Trinajstić information content (AvgIpc) is 2.21. The molecule has 64 valence electrons. The van der Waals surface area contributed by atoms with Crippen LogP contribution in [-0.4, -0.2) is 0 Å². The Morgan fingerprint density at radius 2 is 1.62 bits per heavy atom. The van der Waals surface area contributed by atoms with Gasteiger partial charge in [0.1, 0.15) is 5.92 Å². The first-order valence-corrected chi connectivity index (χ1v) is 4.13. The third-order valence-corrected chi connectivity index (χ3v) is 2.10. The lowest BCUT2D eigenvalue weighted by atomic mass is 9.90. The van der Waals surface area contributed by atoms with Crippen LogP contribution in [0, 0.1) is 28.6 Å². The molecule has 0 aromatic heterocycles. The van der Waals surface area contributed by atoms with E-state index in [1.54, 1.807) is 0 Å². The molecular formula is C11H10N2. The van der Waals surface area contributed by atoms with E-state index < -0.39 is 5.92 Å². The van der Waals surface area contributed by atoms with Crippen LogP contribution in [0.15, 0.2) is 30.3 Å². The van der Waals surface area contributed by atoms with Crippen LogP contribution in [0.2, 0.25) is 0 Å². The van der Waals surface area contributed by atoms with Crippen molar-refractivity contribution < 1.29 is 0 Å². The molecule has 0 fully saturated rings. The van der Waals surface area contributed by atoms with Gasteiger partial charge in [0.05, 0.1) is 12.1 Å². The van der Waals surface area contributed by atoms with Gasteiger partial charge in [0.15, 0.2) is 0 Å². The van der Waals surface area contributed by atoms with Gasteiger partial charge < -0.3 is 0 Å². The molecule has 0 radical (unpaired) electrons. The van der Waals surface area contributed by atoms with Crippen molar-refractivity contribution >= 4 is 0 Å². The third-order valence-electron chi connectivity index (χ3n) is 2.10. The monoisotopic (exact) mass is 170 g/mol. The molecule has 0 saturated heterocycles. The van der Waals surface area contributed by atoms with Crippen LogP contribution in [-0.2, 0) is 0 Å². The highest BCUT2D eigenvalue weighted by Gasteiger charge is 2.16. The number of nitrogens with zero attached hydrogens (tertiary/aromatic N) is 2. The van der Waals surface area contributed by atoms with Gasteiger partial charge in [0.2, 0.25) is 0 Å². The molecule has 1 atom stereocenters. The van der Waals surface area contributed by atoms with E-state index in [1.807, 2.05) is 49.4 Å². The van der Waals surface area contributed by atoms with Gasteiger partial charge in [-0.15, -0.1) is 0 Å². The van der Waals surface area contributed by atoms with Crippen LogP contribution >= 0.6 is 0 Å². The van der Waals surface area contributed by atoms with Gasteiger partial charge in [-0.3, -0.25) is 0 Å². The minimum absolute atomic E-state index is 0.0174. The summed E-state index contributed by atoms with van der Waals surface area (Å²) >= 11 is 0. The van der Waals surface area contributed by atoms with Gasteiger partial charge in [-0.1, -0.05) is 37.3 Å². The predicted molar refractivity (Wildman–Crippen MR) is 49.6 cm³/mol. The molecule has 13 heavy (non-hydrogen) atoms. The SMILES string of the molecule is C[C@@H](c1ccccc1)C(C#N)C#N. The Kier molecular flexibility index (Phi) is 3.06. The molecule has 0 spiro atoms. The zero-order valence-electron chi connectivity index (χ0n) is 7.44. The van der Waals surface area contributed by atoms with Crippen molar-refractivity contribution in [2.24, 2.45) is 5.92 Å². The van der Waals surface area contributed by atoms with Gasteiger partial charge in [-0.05, 0) is 5.56 Å². The summed E-state index contributed by atoms with van der Waals surface area (Å²) in [6.45, 7) is 1.90. The second-order valence-electron chi connectivity index (χ2n) is 2.94. The zero-order chi connectivity index (χ0) is 9.68. The molecule has 0 amide bonds. The van der Waals surface area contributed by atoms with Gasteiger partial charge >= 0.3 is 0 Å². The van der Waals surface area contributed by atoms with Gasteiger partial charge in [-0.25, -0.2) is 0 Å². The Balaban J connectivity index is 2.87. The molecule has 2 nitrogen and oxygen atoms in total. The molecule has 0 heterocycles. The zero-order valence-corrected chi connectivity index (χ0v) is 7.44. The number of nitriles is 2. The van der Waals surface area contributed by atoms with Gasteiger partial charge in [0.25, 0.3) is 0 Å². The maximum atomic E-state index is 8.69. The molecule has 0 N–H and O–H groups in total. The standard InChI is InChI=1S/C11H10N2/c1-9(11(7-12)8-13)10-5-3-2-4-6-10/h2-6,9,11H,1H3/t9-/m0/s1. The fourth-order valence-corrected chi connectivity index (χ4v) is 1.20. The minimum Gasteiger partial charge on any atom is -0.197 e. The fourth-order valence-electron chi connectivity index (χ4n) is 1.20. The molecule has 0 unspecified atom stereocenters. The number of hydrogen-bond donors (Lipinski definition) is 0. The highest BCUT2D eigenvalue weighted by atomic mass is 14.3. The molecule has 0 aliphatic rings. The number of benzene rings is 1. The number of hydrogen-bond acceptors (Lipinski definition) is 2. The Bertz CT molecular complexity index is 329. The Morgan fingerprint density at radius 1 is 1.08 bits per heavy atom. The molecule has 1 aromatic rings. The molecular weight excluding hydrogens is 160 g/mol. The molecule has 1 aromatic carbocycles. The van der Waals surface area contributed by atoms with Gasteiger partial charge in [-0.2, -0.15) is 10.5 Å². The van der Waals surface area contributed by atoms with Crippen LogP contribution in [0.5, 0.6) is 0 Å². The van der Waals surface area contributed by atoms with E-state index >= 15 is 0 Å². The lowest BCUT2D eigenvalue weighted by molar-refractivity contribution is 0.670. The smallest absolute Gasteiger partial charge is 0.139 e.